The SMILES string of the molecule is CC1(C)CNCCC1NCc1ccc(F)cc1. The van der Waals surface area contributed by atoms with Gasteiger partial charge in [-0.25, -0.2) is 4.39 Å². The average molecular weight is 236 g/mol. The van der Waals surface area contributed by atoms with Crippen LogP contribution >= 0.6 is 0 Å². The van der Waals surface area contributed by atoms with Crippen molar-refractivity contribution in [3.8, 4) is 0 Å². The van der Waals surface area contributed by atoms with Crippen LogP contribution in [0.3, 0.4) is 0 Å². The number of rotatable bonds is 3. The molecule has 0 aromatic heterocycles. The van der Waals surface area contributed by atoms with Gasteiger partial charge in [0, 0.05) is 19.1 Å². The van der Waals surface area contributed by atoms with Gasteiger partial charge >= 0.3 is 0 Å². The highest BCUT2D eigenvalue weighted by molar-refractivity contribution is 5.16. The summed E-state index contributed by atoms with van der Waals surface area (Å²) in [5, 5.41) is 7.01. The molecule has 2 nitrogen and oxygen atoms in total. The van der Waals surface area contributed by atoms with Crippen LogP contribution in [0.5, 0.6) is 0 Å². The van der Waals surface area contributed by atoms with Crippen molar-refractivity contribution in [1.29, 1.82) is 0 Å². The van der Waals surface area contributed by atoms with Crippen molar-refractivity contribution in [1.82, 2.24) is 10.6 Å². The highest BCUT2D eigenvalue weighted by Gasteiger charge is 2.31. The Kier molecular flexibility index (Phi) is 3.79. The zero-order valence-corrected chi connectivity index (χ0v) is 10.6. The van der Waals surface area contributed by atoms with E-state index in [1.165, 1.54) is 12.1 Å². The minimum absolute atomic E-state index is 0.170. The Bertz CT molecular complexity index is 359. The van der Waals surface area contributed by atoms with Crippen LogP contribution in [0.2, 0.25) is 0 Å². The van der Waals surface area contributed by atoms with E-state index in [1.807, 2.05) is 12.1 Å². The Morgan fingerprint density at radius 1 is 1.35 bits per heavy atom. The van der Waals surface area contributed by atoms with E-state index in [4.69, 9.17) is 0 Å². The molecule has 1 aliphatic heterocycles. The van der Waals surface area contributed by atoms with Gasteiger partial charge in [0.2, 0.25) is 0 Å². The Balaban J connectivity index is 1.91. The van der Waals surface area contributed by atoms with Crippen LogP contribution in [-0.2, 0) is 6.54 Å². The number of benzene rings is 1. The molecule has 0 aliphatic carbocycles. The lowest BCUT2D eigenvalue weighted by atomic mass is 9.80. The molecule has 3 heteroatoms. The minimum Gasteiger partial charge on any atom is -0.316 e. The average Bonchev–Trinajstić information content (AvgIpc) is 2.29. The molecule has 1 aromatic rings. The predicted molar refractivity (Wildman–Crippen MR) is 68.3 cm³/mol. The fourth-order valence-corrected chi connectivity index (χ4v) is 2.39. The summed E-state index contributed by atoms with van der Waals surface area (Å²) in [6.07, 6.45) is 1.15. The first-order valence-electron chi connectivity index (χ1n) is 6.26. The molecule has 0 spiro atoms. The molecule has 94 valence electrons. The van der Waals surface area contributed by atoms with Gasteiger partial charge in [-0.2, -0.15) is 0 Å². The third kappa shape index (κ3) is 3.27. The van der Waals surface area contributed by atoms with Crippen LogP contribution in [0.4, 0.5) is 4.39 Å². The van der Waals surface area contributed by atoms with Gasteiger partial charge in [0.25, 0.3) is 0 Å². The van der Waals surface area contributed by atoms with Gasteiger partial charge < -0.3 is 10.6 Å². The molecular formula is C14H21FN2. The van der Waals surface area contributed by atoms with E-state index in [9.17, 15) is 4.39 Å². The molecule has 0 amide bonds. The van der Waals surface area contributed by atoms with Crippen molar-refractivity contribution in [3.63, 3.8) is 0 Å². The molecule has 1 aliphatic rings. The zero-order valence-electron chi connectivity index (χ0n) is 10.6. The third-order valence-corrected chi connectivity index (χ3v) is 3.60. The largest absolute Gasteiger partial charge is 0.316 e. The Hall–Kier alpha value is -0.930. The smallest absolute Gasteiger partial charge is 0.123 e. The Labute approximate surface area is 103 Å². The van der Waals surface area contributed by atoms with E-state index in [1.54, 1.807) is 0 Å². The topological polar surface area (TPSA) is 24.1 Å². The highest BCUT2D eigenvalue weighted by Crippen LogP contribution is 2.25. The third-order valence-electron chi connectivity index (χ3n) is 3.60. The molecule has 2 rings (SSSR count). The fourth-order valence-electron chi connectivity index (χ4n) is 2.39. The molecule has 0 saturated carbocycles. The zero-order chi connectivity index (χ0) is 12.3. The van der Waals surface area contributed by atoms with Crippen LogP contribution in [0.15, 0.2) is 24.3 Å². The van der Waals surface area contributed by atoms with Gasteiger partial charge in [-0.3, -0.25) is 0 Å². The quantitative estimate of drug-likeness (QED) is 0.841. The van der Waals surface area contributed by atoms with Gasteiger partial charge in [0.1, 0.15) is 5.82 Å². The number of halogens is 1. The van der Waals surface area contributed by atoms with E-state index < -0.39 is 0 Å². The maximum Gasteiger partial charge on any atom is 0.123 e. The lowest BCUT2D eigenvalue weighted by Crippen LogP contribution is -2.52. The molecule has 1 atom stereocenters. The molecule has 1 unspecified atom stereocenters. The van der Waals surface area contributed by atoms with Crippen LogP contribution in [0.1, 0.15) is 25.8 Å². The maximum absolute atomic E-state index is 12.8. The van der Waals surface area contributed by atoms with Gasteiger partial charge in [-0.1, -0.05) is 26.0 Å². The second kappa shape index (κ2) is 5.15. The summed E-state index contributed by atoms with van der Waals surface area (Å²) in [6.45, 7) is 7.50. The molecule has 17 heavy (non-hydrogen) atoms. The van der Waals surface area contributed by atoms with Gasteiger partial charge in [0.05, 0.1) is 0 Å². The van der Waals surface area contributed by atoms with Crippen LogP contribution in [0.25, 0.3) is 0 Å². The van der Waals surface area contributed by atoms with E-state index in [2.05, 4.69) is 24.5 Å². The first-order valence-corrected chi connectivity index (χ1v) is 6.26. The molecular weight excluding hydrogens is 215 g/mol. The first-order chi connectivity index (χ1) is 8.08. The Morgan fingerprint density at radius 2 is 2.06 bits per heavy atom. The number of hydrogen-bond donors (Lipinski definition) is 2. The van der Waals surface area contributed by atoms with Crippen molar-refractivity contribution >= 4 is 0 Å². The van der Waals surface area contributed by atoms with Crippen LogP contribution in [0, 0.1) is 11.2 Å². The minimum atomic E-state index is -0.170. The highest BCUT2D eigenvalue weighted by atomic mass is 19.1. The maximum atomic E-state index is 12.8. The molecule has 0 radical (unpaired) electrons. The van der Waals surface area contributed by atoms with E-state index in [0.29, 0.717) is 6.04 Å². The normalized spacial score (nSPS) is 23.6. The van der Waals surface area contributed by atoms with Crippen LogP contribution < -0.4 is 10.6 Å². The lowest BCUT2D eigenvalue weighted by molar-refractivity contribution is 0.184. The molecule has 1 heterocycles. The van der Waals surface area contributed by atoms with E-state index in [0.717, 1.165) is 31.6 Å². The van der Waals surface area contributed by atoms with Crippen molar-refractivity contribution in [2.75, 3.05) is 13.1 Å². The first kappa shape index (κ1) is 12.5. The predicted octanol–water partition coefficient (Wildman–Crippen LogP) is 2.30. The second-order valence-corrected chi connectivity index (χ2v) is 5.51. The summed E-state index contributed by atoms with van der Waals surface area (Å²) >= 11 is 0. The number of piperidine rings is 1. The van der Waals surface area contributed by atoms with E-state index >= 15 is 0 Å². The summed E-state index contributed by atoms with van der Waals surface area (Å²) < 4.78 is 12.8. The number of hydrogen-bond acceptors (Lipinski definition) is 2. The summed E-state index contributed by atoms with van der Waals surface area (Å²) in [5.74, 6) is -0.170. The molecule has 2 N–H and O–H groups in total. The summed E-state index contributed by atoms with van der Waals surface area (Å²) in [7, 11) is 0. The fraction of sp³-hybridized carbons (Fsp3) is 0.571. The second-order valence-electron chi connectivity index (χ2n) is 5.51. The van der Waals surface area contributed by atoms with Gasteiger partial charge in [0.15, 0.2) is 0 Å². The monoisotopic (exact) mass is 236 g/mol. The lowest BCUT2D eigenvalue weighted by Gasteiger charge is -2.39. The molecule has 1 saturated heterocycles. The number of nitrogens with one attached hydrogen (secondary N) is 2. The standard InChI is InChI=1S/C14H21FN2/c1-14(2)10-16-8-7-13(14)17-9-11-3-5-12(15)6-4-11/h3-6,13,16-17H,7-10H2,1-2H3. The van der Waals surface area contributed by atoms with Crippen molar-refractivity contribution in [2.45, 2.75) is 32.9 Å². The van der Waals surface area contributed by atoms with Crippen LogP contribution in [-0.4, -0.2) is 19.1 Å². The van der Waals surface area contributed by atoms with Gasteiger partial charge in [-0.15, -0.1) is 0 Å². The summed E-state index contributed by atoms with van der Waals surface area (Å²) in [4.78, 5) is 0. The van der Waals surface area contributed by atoms with Gasteiger partial charge in [-0.05, 0) is 36.1 Å². The van der Waals surface area contributed by atoms with Crippen molar-refractivity contribution < 1.29 is 4.39 Å². The summed E-state index contributed by atoms with van der Waals surface area (Å²) in [6, 6.07) is 7.25. The molecule has 1 aromatic carbocycles. The Morgan fingerprint density at radius 3 is 2.71 bits per heavy atom. The summed E-state index contributed by atoms with van der Waals surface area (Å²) in [5.41, 5.74) is 1.42. The van der Waals surface area contributed by atoms with Crippen molar-refractivity contribution in [3.05, 3.63) is 35.6 Å². The van der Waals surface area contributed by atoms with E-state index in [-0.39, 0.29) is 11.2 Å². The molecule has 0 bridgehead atoms. The van der Waals surface area contributed by atoms with Crippen molar-refractivity contribution in [2.24, 2.45) is 5.41 Å². The molecule has 1 fully saturated rings.